The molecule has 0 aromatic heterocycles. The fraction of sp³-hybridized carbons (Fsp3) is 0.679. The number of nitrogens with one attached hydrogen (secondary N) is 2. The molecule has 3 unspecified atom stereocenters. The molecule has 0 aliphatic rings. The largest absolute Gasteiger partial charge is 0.508 e. The highest BCUT2D eigenvalue weighted by atomic mass is 16.6. The Morgan fingerprint density at radius 3 is 2.17 bits per heavy atom. The molecular weight excluding hydrogens is 458 g/mol. The molecule has 0 aliphatic carbocycles. The van der Waals surface area contributed by atoms with Crippen LogP contribution < -0.4 is 10.6 Å². The number of amides is 3. The van der Waals surface area contributed by atoms with Crippen LogP contribution in [0.3, 0.4) is 0 Å². The number of hydrogen-bond donors (Lipinski definition) is 3. The van der Waals surface area contributed by atoms with Gasteiger partial charge in [0.1, 0.15) is 23.4 Å². The van der Waals surface area contributed by atoms with Crippen molar-refractivity contribution in [2.45, 2.75) is 112 Å². The van der Waals surface area contributed by atoms with Gasteiger partial charge in [-0.25, -0.2) is 4.79 Å². The van der Waals surface area contributed by atoms with Crippen LogP contribution in [0, 0.1) is 12.8 Å². The average molecular weight is 506 g/mol. The zero-order valence-corrected chi connectivity index (χ0v) is 23.8. The molecule has 0 heterocycles. The van der Waals surface area contributed by atoms with Gasteiger partial charge in [-0.1, -0.05) is 39.7 Å². The molecule has 0 saturated carbocycles. The zero-order chi connectivity index (χ0) is 27.8. The topological polar surface area (TPSA) is 108 Å². The Bertz CT molecular complexity index is 901. The van der Waals surface area contributed by atoms with Crippen LogP contribution in [0.4, 0.5) is 4.79 Å². The fourth-order valence-electron chi connectivity index (χ4n) is 3.75. The van der Waals surface area contributed by atoms with Crippen molar-refractivity contribution < 1.29 is 24.2 Å². The molecule has 0 bridgehead atoms. The van der Waals surface area contributed by atoms with E-state index in [1.165, 1.54) is 6.07 Å². The first-order chi connectivity index (χ1) is 16.5. The summed E-state index contributed by atoms with van der Waals surface area (Å²) in [4.78, 5) is 42.0. The monoisotopic (exact) mass is 505 g/mol. The predicted octanol–water partition coefficient (Wildman–Crippen LogP) is 5.22. The van der Waals surface area contributed by atoms with Crippen molar-refractivity contribution in [2.24, 2.45) is 5.92 Å². The van der Waals surface area contributed by atoms with E-state index in [4.69, 9.17) is 4.74 Å². The number of nitrogens with zero attached hydrogens (tertiary/aromatic N) is 1. The van der Waals surface area contributed by atoms with Crippen molar-refractivity contribution in [3.8, 4) is 5.75 Å². The van der Waals surface area contributed by atoms with Gasteiger partial charge in [-0.15, -0.1) is 0 Å². The van der Waals surface area contributed by atoms with Crippen LogP contribution >= 0.6 is 0 Å². The van der Waals surface area contributed by atoms with Crippen LogP contribution in [0.1, 0.15) is 98.7 Å². The molecule has 1 rings (SSSR count). The van der Waals surface area contributed by atoms with Crippen LogP contribution in [0.25, 0.3) is 0 Å². The molecule has 0 saturated heterocycles. The molecule has 3 atom stereocenters. The smallest absolute Gasteiger partial charge is 0.408 e. The Balaban J connectivity index is 3.58. The molecule has 1 aromatic carbocycles. The summed E-state index contributed by atoms with van der Waals surface area (Å²) >= 11 is 0. The van der Waals surface area contributed by atoms with Crippen molar-refractivity contribution in [3.05, 3.63) is 29.3 Å². The lowest BCUT2D eigenvalue weighted by Crippen LogP contribution is -2.56. The van der Waals surface area contributed by atoms with Crippen LogP contribution in [0.5, 0.6) is 5.75 Å². The maximum Gasteiger partial charge on any atom is 0.408 e. The minimum atomic E-state index is -0.936. The van der Waals surface area contributed by atoms with Gasteiger partial charge in [-0.3, -0.25) is 9.59 Å². The standard InChI is InChI=1S/C28H47N3O5/c1-11-13-16-31(25(34)22(18(3)12-2)29-26(35)36-28(8,9)10)23(24(33)30-27(5,6)7)20-14-15-21(32)19(4)17-20/h14-15,17-18,22-23,32H,11-13,16H2,1-10H3,(H,29,35)(H,30,33). The summed E-state index contributed by atoms with van der Waals surface area (Å²) in [5.41, 5.74) is -0.0368. The second-order valence-corrected chi connectivity index (χ2v) is 11.6. The van der Waals surface area contributed by atoms with E-state index in [1.54, 1.807) is 44.7 Å². The van der Waals surface area contributed by atoms with Gasteiger partial charge in [0.2, 0.25) is 11.8 Å². The first-order valence-corrected chi connectivity index (χ1v) is 12.9. The van der Waals surface area contributed by atoms with E-state index in [0.717, 1.165) is 6.42 Å². The summed E-state index contributed by atoms with van der Waals surface area (Å²) < 4.78 is 5.43. The van der Waals surface area contributed by atoms with E-state index in [0.29, 0.717) is 30.5 Å². The Hall–Kier alpha value is -2.77. The summed E-state index contributed by atoms with van der Waals surface area (Å²) in [6.45, 7) is 18.9. The predicted molar refractivity (Wildman–Crippen MR) is 143 cm³/mol. The number of carbonyl (C=O) groups is 3. The van der Waals surface area contributed by atoms with Crippen LogP contribution in [0.15, 0.2) is 18.2 Å². The summed E-state index contributed by atoms with van der Waals surface area (Å²) in [7, 11) is 0. The van der Waals surface area contributed by atoms with Gasteiger partial charge in [0.15, 0.2) is 0 Å². The second-order valence-electron chi connectivity index (χ2n) is 11.6. The number of unbranched alkanes of at least 4 members (excludes halogenated alkanes) is 1. The van der Waals surface area contributed by atoms with Crippen LogP contribution in [-0.2, 0) is 14.3 Å². The number of carbonyl (C=O) groups excluding carboxylic acids is 3. The Morgan fingerprint density at radius 1 is 1.08 bits per heavy atom. The van der Waals surface area contributed by atoms with E-state index in [2.05, 4.69) is 10.6 Å². The molecule has 0 spiro atoms. The fourth-order valence-corrected chi connectivity index (χ4v) is 3.75. The van der Waals surface area contributed by atoms with Gasteiger partial charge in [-0.05, 0) is 84.1 Å². The van der Waals surface area contributed by atoms with E-state index < -0.39 is 29.3 Å². The Morgan fingerprint density at radius 2 is 1.69 bits per heavy atom. The van der Waals surface area contributed by atoms with Gasteiger partial charge in [0.25, 0.3) is 0 Å². The number of phenolic OH excluding ortho intramolecular Hbond substituents is 1. The third-order valence-electron chi connectivity index (χ3n) is 5.78. The lowest BCUT2D eigenvalue weighted by atomic mass is 9.94. The lowest BCUT2D eigenvalue weighted by Gasteiger charge is -2.37. The SMILES string of the molecule is CCCCN(C(=O)C(NC(=O)OC(C)(C)C)C(C)CC)C(C(=O)NC(C)(C)C)c1ccc(O)c(C)c1. The highest BCUT2D eigenvalue weighted by Crippen LogP contribution is 2.29. The van der Waals surface area contributed by atoms with E-state index in [1.807, 2.05) is 41.5 Å². The van der Waals surface area contributed by atoms with Gasteiger partial charge in [0, 0.05) is 12.1 Å². The summed E-state index contributed by atoms with van der Waals surface area (Å²) in [6, 6.07) is 3.13. The molecule has 0 aliphatic heterocycles. The molecule has 8 heteroatoms. The number of aryl methyl sites for hydroxylation is 1. The first kappa shape index (κ1) is 31.3. The number of ether oxygens (including phenoxy) is 1. The lowest BCUT2D eigenvalue weighted by molar-refractivity contribution is -0.144. The molecule has 1 aromatic rings. The molecule has 8 nitrogen and oxygen atoms in total. The van der Waals surface area contributed by atoms with E-state index in [9.17, 15) is 19.5 Å². The van der Waals surface area contributed by atoms with Gasteiger partial charge in [-0.2, -0.15) is 0 Å². The second kappa shape index (κ2) is 13.0. The Labute approximate surface area is 217 Å². The number of alkyl carbamates (subject to hydrolysis) is 1. The highest BCUT2D eigenvalue weighted by Gasteiger charge is 2.38. The summed E-state index contributed by atoms with van der Waals surface area (Å²) in [6.07, 6.45) is 1.47. The van der Waals surface area contributed by atoms with Crippen molar-refractivity contribution in [1.29, 1.82) is 0 Å². The Kier molecular flexibility index (Phi) is 11.3. The summed E-state index contributed by atoms with van der Waals surface area (Å²) in [5, 5.41) is 15.9. The molecule has 0 fully saturated rings. The van der Waals surface area contributed by atoms with Gasteiger partial charge >= 0.3 is 6.09 Å². The van der Waals surface area contributed by atoms with Crippen molar-refractivity contribution in [1.82, 2.24) is 15.5 Å². The first-order valence-electron chi connectivity index (χ1n) is 12.9. The van der Waals surface area contributed by atoms with Crippen LogP contribution in [-0.4, -0.2) is 51.6 Å². The van der Waals surface area contributed by atoms with Crippen molar-refractivity contribution in [2.75, 3.05) is 6.54 Å². The maximum absolute atomic E-state index is 14.1. The number of benzene rings is 1. The maximum atomic E-state index is 14.1. The summed E-state index contributed by atoms with van der Waals surface area (Å²) in [5.74, 6) is -0.744. The van der Waals surface area contributed by atoms with Crippen molar-refractivity contribution >= 4 is 17.9 Å². The highest BCUT2D eigenvalue weighted by molar-refractivity contribution is 5.92. The number of aromatic hydroxyl groups is 1. The van der Waals surface area contributed by atoms with Gasteiger partial charge < -0.3 is 25.4 Å². The van der Waals surface area contributed by atoms with E-state index in [-0.39, 0.29) is 23.5 Å². The number of hydrogen-bond acceptors (Lipinski definition) is 5. The molecule has 3 amide bonds. The molecule has 36 heavy (non-hydrogen) atoms. The van der Waals surface area contributed by atoms with Crippen LogP contribution in [0.2, 0.25) is 0 Å². The molecule has 0 radical (unpaired) electrons. The zero-order valence-electron chi connectivity index (χ0n) is 23.8. The van der Waals surface area contributed by atoms with E-state index >= 15 is 0 Å². The minimum Gasteiger partial charge on any atom is -0.508 e. The normalized spacial score (nSPS) is 14.4. The minimum absolute atomic E-state index is 0.115. The number of phenols is 1. The molecular formula is C28H47N3O5. The molecule has 3 N–H and O–H groups in total. The third-order valence-corrected chi connectivity index (χ3v) is 5.78. The van der Waals surface area contributed by atoms with Crippen molar-refractivity contribution in [3.63, 3.8) is 0 Å². The molecule has 204 valence electrons. The quantitative estimate of drug-likeness (QED) is 0.404. The third kappa shape index (κ3) is 9.70. The van der Waals surface area contributed by atoms with Gasteiger partial charge in [0.05, 0.1) is 0 Å². The average Bonchev–Trinajstić information content (AvgIpc) is 2.73. The number of rotatable bonds is 10.